The third kappa shape index (κ3) is 2.19. The molecule has 0 unspecified atom stereocenters. The summed E-state index contributed by atoms with van der Waals surface area (Å²) in [5.74, 6) is 0.719. The van der Waals surface area contributed by atoms with Crippen molar-refractivity contribution in [2.75, 3.05) is 5.73 Å². The number of hydrogen-bond acceptors (Lipinski definition) is 5. The molecule has 0 amide bonds. The fourth-order valence-corrected chi connectivity index (χ4v) is 2.16. The SMILES string of the molecule is Cc1cnc(CSc2ncco2)c(C)c1N. The third-order valence-corrected chi connectivity index (χ3v) is 3.28. The van der Waals surface area contributed by atoms with E-state index >= 15 is 0 Å². The van der Waals surface area contributed by atoms with Crippen molar-refractivity contribution in [3.05, 3.63) is 35.5 Å². The predicted octanol–water partition coefficient (Wildman–Crippen LogP) is 2.56. The Balaban J connectivity index is 2.13. The number of nitrogen functional groups attached to an aromatic ring is 1. The smallest absolute Gasteiger partial charge is 0.255 e. The Kier molecular flexibility index (Phi) is 3.14. The van der Waals surface area contributed by atoms with Gasteiger partial charge in [0, 0.05) is 17.6 Å². The van der Waals surface area contributed by atoms with Crippen molar-refractivity contribution in [2.45, 2.75) is 24.8 Å². The Labute approximate surface area is 98.3 Å². The third-order valence-electron chi connectivity index (χ3n) is 2.42. The summed E-state index contributed by atoms with van der Waals surface area (Å²) >= 11 is 1.51. The zero-order valence-corrected chi connectivity index (χ0v) is 10.0. The number of hydrogen-bond donors (Lipinski definition) is 1. The van der Waals surface area contributed by atoms with Crippen molar-refractivity contribution in [1.29, 1.82) is 0 Å². The molecule has 0 aromatic carbocycles. The molecule has 0 spiro atoms. The molecule has 84 valence electrons. The molecule has 0 aliphatic heterocycles. The second-order valence-corrected chi connectivity index (χ2v) is 4.44. The molecule has 0 aliphatic rings. The lowest BCUT2D eigenvalue weighted by Crippen LogP contribution is -2.00. The van der Waals surface area contributed by atoms with E-state index in [1.807, 2.05) is 13.8 Å². The molecule has 2 aromatic rings. The molecular formula is C11H13N3OS. The van der Waals surface area contributed by atoms with Crippen LogP contribution in [-0.4, -0.2) is 9.97 Å². The van der Waals surface area contributed by atoms with Crippen molar-refractivity contribution in [3.8, 4) is 0 Å². The number of thioether (sulfide) groups is 1. The maximum Gasteiger partial charge on any atom is 0.255 e. The summed E-state index contributed by atoms with van der Waals surface area (Å²) in [4.78, 5) is 8.41. The molecule has 16 heavy (non-hydrogen) atoms. The first-order chi connectivity index (χ1) is 7.68. The summed E-state index contributed by atoms with van der Waals surface area (Å²) in [5, 5.41) is 0.653. The number of oxazole rings is 1. The van der Waals surface area contributed by atoms with Crippen LogP contribution in [0.1, 0.15) is 16.8 Å². The first-order valence-corrected chi connectivity index (χ1v) is 5.90. The zero-order chi connectivity index (χ0) is 11.5. The molecule has 2 N–H and O–H groups in total. The van der Waals surface area contributed by atoms with E-state index in [9.17, 15) is 0 Å². The zero-order valence-electron chi connectivity index (χ0n) is 9.23. The average Bonchev–Trinajstić information content (AvgIpc) is 2.78. The number of aryl methyl sites for hydroxylation is 1. The molecule has 0 saturated heterocycles. The lowest BCUT2D eigenvalue weighted by molar-refractivity contribution is 0.454. The molecule has 2 rings (SSSR count). The van der Waals surface area contributed by atoms with Gasteiger partial charge in [0.15, 0.2) is 0 Å². The van der Waals surface area contributed by atoms with Crippen LogP contribution in [0.15, 0.2) is 28.3 Å². The molecule has 5 heteroatoms. The standard InChI is InChI=1S/C11H13N3OS/c1-7-5-14-9(8(2)10(7)12)6-16-11-13-3-4-15-11/h3-5H,6H2,1-2H3,(H2,12,14). The van der Waals surface area contributed by atoms with Gasteiger partial charge in [-0.15, -0.1) is 0 Å². The Bertz CT molecular complexity index is 482. The Morgan fingerprint density at radius 3 is 2.88 bits per heavy atom. The van der Waals surface area contributed by atoms with E-state index in [-0.39, 0.29) is 0 Å². The summed E-state index contributed by atoms with van der Waals surface area (Å²) < 4.78 is 5.14. The highest BCUT2D eigenvalue weighted by molar-refractivity contribution is 7.98. The number of aromatic nitrogens is 2. The fourth-order valence-electron chi connectivity index (χ4n) is 1.35. The van der Waals surface area contributed by atoms with Gasteiger partial charge < -0.3 is 10.2 Å². The van der Waals surface area contributed by atoms with Gasteiger partial charge in [-0.1, -0.05) is 11.8 Å². The van der Waals surface area contributed by atoms with Crippen molar-refractivity contribution in [2.24, 2.45) is 0 Å². The van der Waals surface area contributed by atoms with Crippen LogP contribution in [0.5, 0.6) is 0 Å². The molecule has 2 heterocycles. The first kappa shape index (κ1) is 11.0. The number of nitrogens with zero attached hydrogens (tertiary/aromatic N) is 2. The van der Waals surface area contributed by atoms with Gasteiger partial charge in [-0.3, -0.25) is 4.98 Å². The molecular weight excluding hydrogens is 222 g/mol. The summed E-state index contributed by atoms with van der Waals surface area (Å²) in [5.41, 5.74) is 9.80. The molecule has 0 aliphatic carbocycles. The van der Waals surface area contributed by atoms with Crippen LogP contribution < -0.4 is 5.73 Å². The Morgan fingerprint density at radius 2 is 2.19 bits per heavy atom. The summed E-state index contributed by atoms with van der Waals surface area (Å²) in [7, 11) is 0. The van der Waals surface area contributed by atoms with E-state index in [2.05, 4.69) is 9.97 Å². The fraction of sp³-hybridized carbons (Fsp3) is 0.273. The molecule has 0 bridgehead atoms. The van der Waals surface area contributed by atoms with Gasteiger partial charge in [0.05, 0.1) is 11.9 Å². The second kappa shape index (κ2) is 4.57. The van der Waals surface area contributed by atoms with E-state index in [4.69, 9.17) is 10.2 Å². The average molecular weight is 235 g/mol. The summed E-state index contributed by atoms with van der Waals surface area (Å²) in [6.45, 7) is 3.95. The van der Waals surface area contributed by atoms with Gasteiger partial charge in [-0.2, -0.15) is 0 Å². The van der Waals surface area contributed by atoms with Crippen LogP contribution in [0.4, 0.5) is 5.69 Å². The second-order valence-electron chi connectivity index (χ2n) is 3.51. The van der Waals surface area contributed by atoms with Gasteiger partial charge in [0.1, 0.15) is 6.26 Å². The van der Waals surface area contributed by atoms with Crippen LogP contribution >= 0.6 is 11.8 Å². The van der Waals surface area contributed by atoms with Gasteiger partial charge in [-0.25, -0.2) is 4.98 Å². The predicted molar refractivity (Wildman–Crippen MR) is 64.2 cm³/mol. The maximum absolute atomic E-state index is 5.94. The number of pyridine rings is 1. The maximum atomic E-state index is 5.94. The van der Waals surface area contributed by atoms with Gasteiger partial charge in [0.25, 0.3) is 5.22 Å². The highest BCUT2D eigenvalue weighted by Gasteiger charge is 2.07. The van der Waals surface area contributed by atoms with Crippen LogP contribution in [-0.2, 0) is 5.75 Å². The molecule has 0 fully saturated rings. The summed E-state index contributed by atoms with van der Waals surface area (Å²) in [6, 6.07) is 0. The van der Waals surface area contributed by atoms with E-state index in [1.54, 1.807) is 18.7 Å². The van der Waals surface area contributed by atoms with Crippen LogP contribution in [0.25, 0.3) is 0 Å². The molecule has 2 aromatic heterocycles. The van der Waals surface area contributed by atoms with Crippen molar-refractivity contribution < 1.29 is 4.42 Å². The molecule has 0 atom stereocenters. The topological polar surface area (TPSA) is 64.9 Å². The minimum Gasteiger partial charge on any atom is -0.440 e. The Morgan fingerprint density at radius 1 is 1.38 bits per heavy atom. The van der Waals surface area contributed by atoms with Crippen LogP contribution in [0, 0.1) is 13.8 Å². The minimum absolute atomic E-state index is 0.653. The molecule has 4 nitrogen and oxygen atoms in total. The lowest BCUT2D eigenvalue weighted by Gasteiger charge is -2.08. The first-order valence-electron chi connectivity index (χ1n) is 4.91. The molecule has 0 radical (unpaired) electrons. The number of nitrogens with two attached hydrogens (primary N) is 1. The van der Waals surface area contributed by atoms with E-state index < -0.39 is 0 Å². The van der Waals surface area contributed by atoms with Gasteiger partial charge >= 0.3 is 0 Å². The van der Waals surface area contributed by atoms with E-state index in [1.165, 1.54) is 11.8 Å². The number of rotatable bonds is 3. The van der Waals surface area contributed by atoms with Crippen LogP contribution in [0.3, 0.4) is 0 Å². The normalized spacial score (nSPS) is 10.6. The number of anilines is 1. The monoisotopic (exact) mass is 235 g/mol. The largest absolute Gasteiger partial charge is 0.440 e. The minimum atomic E-state index is 0.653. The van der Waals surface area contributed by atoms with Crippen molar-refractivity contribution >= 4 is 17.4 Å². The molecule has 0 saturated carbocycles. The van der Waals surface area contributed by atoms with E-state index in [0.29, 0.717) is 5.22 Å². The Hall–Kier alpha value is -1.49. The quantitative estimate of drug-likeness (QED) is 0.828. The highest BCUT2D eigenvalue weighted by Crippen LogP contribution is 2.25. The lowest BCUT2D eigenvalue weighted by atomic mass is 10.1. The van der Waals surface area contributed by atoms with Gasteiger partial charge in [-0.05, 0) is 25.0 Å². The van der Waals surface area contributed by atoms with Crippen molar-refractivity contribution in [3.63, 3.8) is 0 Å². The van der Waals surface area contributed by atoms with E-state index in [0.717, 1.165) is 28.3 Å². The van der Waals surface area contributed by atoms with Gasteiger partial charge in [0.2, 0.25) is 0 Å². The highest BCUT2D eigenvalue weighted by atomic mass is 32.2. The van der Waals surface area contributed by atoms with Crippen LogP contribution in [0.2, 0.25) is 0 Å². The summed E-state index contributed by atoms with van der Waals surface area (Å²) in [6.07, 6.45) is 4.99. The van der Waals surface area contributed by atoms with Crippen molar-refractivity contribution in [1.82, 2.24) is 9.97 Å².